The van der Waals surface area contributed by atoms with E-state index in [0.29, 0.717) is 25.8 Å². The fourth-order valence-electron chi connectivity index (χ4n) is 4.77. The summed E-state index contributed by atoms with van der Waals surface area (Å²) < 4.78 is 41.0. The largest absolute Gasteiger partial charge is 0.339 e. The Morgan fingerprint density at radius 1 is 1.06 bits per heavy atom. The van der Waals surface area contributed by atoms with Gasteiger partial charge in [0.25, 0.3) is 0 Å². The number of benzene rings is 2. The normalized spacial score (nSPS) is 20.2. The smallest absolute Gasteiger partial charge is 0.244 e. The van der Waals surface area contributed by atoms with Gasteiger partial charge in [0.1, 0.15) is 11.9 Å². The molecule has 2 aromatic rings. The SMILES string of the molecule is N#Cc1ccccc1S(=O)(=O)N1CCC(C(=O)N2CCCC2Cc2cccc(F)c2)CC1. The van der Waals surface area contributed by atoms with Gasteiger partial charge in [-0.05, 0) is 61.9 Å². The Morgan fingerprint density at radius 2 is 1.81 bits per heavy atom. The second-order valence-electron chi connectivity index (χ2n) is 8.45. The third-order valence-electron chi connectivity index (χ3n) is 6.45. The summed E-state index contributed by atoms with van der Waals surface area (Å²) in [5.41, 5.74) is 1.01. The lowest BCUT2D eigenvalue weighted by molar-refractivity contribution is -0.137. The van der Waals surface area contributed by atoms with Crippen LogP contribution in [0.4, 0.5) is 4.39 Å². The number of sulfonamides is 1. The monoisotopic (exact) mass is 455 g/mol. The molecule has 0 radical (unpaired) electrons. The molecule has 6 nitrogen and oxygen atoms in total. The van der Waals surface area contributed by atoms with Crippen LogP contribution < -0.4 is 0 Å². The number of likely N-dealkylation sites (tertiary alicyclic amines) is 1. The number of nitrogens with zero attached hydrogens (tertiary/aromatic N) is 3. The van der Waals surface area contributed by atoms with Crippen LogP contribution in [0.15, 0.2) is 53.4 Å². The van der Waals surface area contributed by atoms with Crippen LogP contribution in [-0.2, 0) is 21.2 Å². The predicted molar refractivity (Wildman–Crippen MR) is 117 cm³/mol. The Hall–Kier alpha value is -2.76. The van der Waals surface area contributed by atoms with E-state index in [-0.39, 0.29) is 47.2 Å². The summed E-state index contributed by atoms with van der Waals surface area (Å²) >= 11 is 0. The number of amides is 1. The van der Waals surface area contributed by atoms with Crippen molar-refractivity contribution in [2.45, 2.75) is 43.0 Å². The summed E-state index contributed by atoms with van der Waals surface area (Å²) in [6.07, 6.45) is 3.35. The van der Waals surface area contributed by atoms with Crippen LogP contribution in [0.1, 0.15) is 36.8 Å². The third kappa shape index (κ3) is 4.54. The van der Waals surface area contributed by atoms with Gasteiger partial charge < -0.3 is 4.90 Å². The summed E-state index contributed by atoms with van der Waals surface area (Å²) in [4.78, 5) is 15.2. The molecule has 0 bridgehead atoms. The molecule has 2 fully saturated rings. The molecule has 0 saturated carbocycles. The number of carbonyl (C=O) groups is 1. The van der Waals surface area contributed by atoms with Gasteiger partial charge in [-0.1, -0.05) is 24.3 Å². The molecule has 4 rings (SSSR count). The molecule has 2 aromatic carbocycles. The minimum absolute atomic E-state index is 0.0157. The molecule has 2 heterocycles. The van der Waals surface area contributed by atoms with Crippen molar-refractivity contribution < 1.29 is 17.6 Å². The first kappa shape index (κ1) is 22.4. The summed E-state index contributed by atoms with van der Waals surface area (Å²) in [5, 5.41) is 9.26. The van der Waals surface area contributed by atoms with Crippen molar-refractivity contribution in [1.82, 2.24) is 9.21 Å². The standard InChI is InChI=1S/C24H26FN3O3S/c25-21-7-3-5-18(15-21)16-22-8-4-12-28(22)24(29)19-10-13-27(14-11-19)32(30,31)23-9-2-1-6-20(23)17-26/h1-3,5-7,9,15,19,22H,4,8,10-14,16H2. The van der Waals surface area contributed by atoms with Gasteiger partial charge in [0.2, 0.25) is 15.9 Å². The van der Waals surface area contributed by atoms with Gasteiger partial charge in [-0.2, -0.15) is 9.57 Å². The molecule has 1 amide bonds. The number of hydrogen-bond donors (Lipinski definition) is 0. The van der Waals surface area contributed by atoms with Crippen LogP contribution in [-0.4, -0.2) is 49.2 Å². The van der Waals surface area contributed by atoms with Crippen molar-refractivity contribution in [3.8, 4) is 6.07 Å². The zero-order chi connectivity index (χ0) is 22.7. The van der Waals surface area contributed by atoms with E-state index in [0.717, 1.165) is 18.4 Å². The van der Waals surface area contributed by atoms with Crippen LogP contribution in [0.2, 0.25) is 0 Å². The molecule has 8 heteroatoms. The second kappa shape index (κ2) is 9.39. The van der Waals surface area contributed by atoms with Crippen molar-refractivity contribution >= 4 is 15.9 Å². The zero-order valence-corrected chi connectivity index (χ0v) is 18.6. The minimum Gasteiger partial charge on any atom is -0.339 e. The van der Waals surface area contributed by atoms with E-state index in [1.165, 1.54) is 28.6 Å². The average Bonchev–Trinajstić information content (AvgIpc) is 3.26. The molecule has 0 spiro atoms. The van der Waals surface area contributed by atoms with Gasteiger partial charge in [0.05, 0.1) is 10.5 Å². The van der Waals surface area contributed by atoms with Crippen LogP contribution in [0.25, 0.3) is 0 Å². The highest BCUT2D eigenvalue weighted by atomic mass is 32.2. The molecule has 0 aliphatic carbocycles. The van der Waals surface area contributed by atoms with Gasteiger partial charge >= 0.3 is 0 Å². The highest BCUT2D eigenvalue weighted by Gasteiger charge is 2.37. The number of rotatable bonds is 5. The minimum atomic E-state index is -3.78. The number of nitriles is 1. The van der Waals surface area contributed by atoms with Crippen molar-refractivity contribution in [2.24, 2.45) is 5.92 Å². The molecular formula is C24H26FN3O3S. The van der Waals surface area contributed by atoms with E-state index in [2.05, 4.69) is 0 Å². The Bertz CT molecular complexity index is 1140. The lowest BCUT2D eigenvalue weighted by Gasteiger charge is -2.34. The van der Waals surface area contributed by atoms with Gasteiger partial charge in [-0.25, -0.2) is 12.8 Å². The van der Waals surface area contributed by atoms with Crippen LogP contribution >= 0.6 is 0 Å². The third-order valence-corrected chi connectivity index (χ3v) is 8.41. The van der Waals surface area contributed by atoms with E-state index < -0.39 is 10.0 Å². The summed E-state index contributed by atoms with van der Waals surface area (Å²) in [5.74, 6) is -0.427. The lowest BCUT2D eigenvalue weighted by Crippen LogP contribution is -2.46. The highest BCUT2D eigenvalue weighted by molar-refractivity contribution is 7.89. The topological polar surface area (TPSA) is 81.5 Å². The average molecular weight is 456 g/mol. The molecule has 1 unspecified atom stereocenters. The van der Waals surface area contributed by atoms with Crippen LogP contribution in [0, 0.1) is 23.1 Å². The first-order valence-electron chi connectivity index (χ1n) is 10.9. The molecule has 0 aromatic heterocycles. The molecule has 2 aliphatic heterocycles. The Labute approximate surface area is 188 Å². The van der Waals surface area contributed by atoms with E-state index in [1.54, 1.807) is 18.2 Å². The molecule has 2 aliphatic rings. The Balaban J connectivity index is 1.40. The Kier molecular flexibility index (Phi) is 6.58. The summed E-state index contributed by atoms with van der Waals surface area (Å²) in [7, 11) is -3.78. The van der Waals surface area contributed by atoms with Gasteiger partial charge in [0, 0.05) is 31.6 Å². The number of hydrogen-bond acceptors (Lipinski definition) is 4. The van der Waals surface area contributed by atoms with Gasteiger partial charge in [-0.3, -0.25) is 4.79 Å². The van der Waals surface area contributed by atoms with Crippen LogP contribution in [0.3, 0.4) is 0 Å². The maximum atomic E-state index is 13.5. The van der Waals surface area contributed by atoms with Crippen molar-refractivity contribution in [3.05, 3.63) is 65.5 Å². The maximum absolute atomic E-state index is 13.5. The van der Waals surface area contributed by atoms with Gasteiger partial charge in [-0.15, -0.1) is 0 Å². The molecule has 1 atom stereocenters. The second-order valence-corrected chi connectivity index (χ2v) is 10.4. The fraction of sp³-hybridized carbons (Fsp3) is 0.417. The predicted octanol–water partition coefficient (Wildman–Crippen LogP) is 3.33. The molecule has 32 heavy (non-hydrogen) atoms. The Morgan fingerprint density at radius 3 is 2.53 bits per heavy atom. The first-order chi connectivity index (χ1) is 15.4. The zero-order valence-electron chi connectivity index (χ0n) is 17.8. The van der Waals surface area contributed by atoms with Gasteiger partial charge in [0.15, 0.2) is 0 Å². The summed E-state index contributed by atoms with van der Waals surface area (Å²) in [6.45, 7) is 1.19. The van der Waals surface area contributed by atoms with E-state index in [4.69, 9.17) is 0 Å². The van der Waals surface area contributed by atoms with Crippen molar-refractivity contribution in [3.63, 3.8) is 0 Å². The number of halogens is 1. The quantitative estimate of drug-likeness (QED) is 0.693. The first-order valence-corrected chi connectivity index (χ1v) is 12.4. The highest BCUT2D eigenvalue weighted by Crippen LogP contribution is 2.30. The van der Waals surface area contributed by atoms with Crippen molar-refractivity contribution in [2.75, 3.05) is 19.6 Å². The van der Waals surface area contributed by atoms with E-state index in [9.17, 15) is 22.9 Å². The molecule has 0 N–H and O–H groups in total. The fourth-order valence-corrected chi connectivity index (χ4v) is 6.39. The number of piperidine rings is 1. The summed E-state index contributed by atoms with van der Waals surface area (Å²) in [6, 6.07) is 14.7. The lowest BCUT2D eigenvalue weighted by atomic mass is 9.95. The maximum Gasteiger partial charge on any atom is 0.244 e. The molecule has 168 valence electrons. The van der Waals surface area contributed by atoms with E-state index in [1.807, 2.05) is 17.0 Å². The molecular weight excluding hydrogens is 429 g/mol. The van der Waals surface area contributed by atoms with Crippen LogP contribution in [0.5, 0.6) is 0 Å². The molecule has 2 saturated heterocycles. The number of carbonyl (C=O) groups excluding carboxylic acids is 1. The van der Waals surface area contributed by atoms with Crippen molar-refractivity contribution in [1.29, 1.82) is 5.26 Å². The van der Waals surface area contributed by atoms with E-state index >= 15 is 0 Å².